The van der Waals surface area contributed by atoms with Crippen molar-refractivity contribution in [2.75, 3.05) is 0 Å². The highest BCUT2D eigenvalue weighted by molar-refractivity contribution is 4.84. The van der Waals surface area contributed by atoms with Crippen molar-refractivity contribution < 1.29 is 4.57 Å². The summed E-state index contributed by atoms with van der Waals surface area (Å²) in [6, 6.07) is 0. The molecule has 0 aliphatic rings. The topological polar surface area (TPSA) is 8.81 Å². The fourth-order valence-corrected chi connectivity index (χ4v) is 4.44. The first-order chi connectivity index (χ1) is 14.3. The molecule has 0 aromatic carbocycles. The molecule has 0 unspecified atom stereocenters. The second-order valence-corrected chi connectivity index (χ2v) is 9.28. The lowest BCUT2D eigenvalue weighted by atomic mass is 10.0. The van der Waals surface area contributed by atoms with Gasteiger partial charge in [-0.15, -0.1) is 0 Å². The molecular weight excluding hydrogens is 352 g/mol. The molecule has 1 rings (SSSR count). The maximum absolute atomic E-state index is 2.52. The Morgan fingerprint density at radius 2 is 1.00 bits per heavy atom. The Balaban J connectivity index is 2.02. The van der Waals surface area contributed by atoms with E-state index in [2.05, 4.69) is 42.4 Å². The molecule has 0 aliphatic heterocycles. The van der Waals surface area contributed by atoms with E-state index in [1.807, 2.05) is 0 Å². The second-order valence-electron chi connectivity index (χ2n) is 9.28. The average Bonchev–Trinajstić information content (AvgIpc) is 3.07. The van der Waals surface area contributed by atoms with Crippen molar-refractivity contribution in [3.05, 3.63) is 18.2 Å². The number of hydrogen-bond acceptors (Lipinski definition) is 0. The molecule has 170 valence electrons. The van der Waals surface area contributed by atoms with Crippen molar-refractivity contribution in [3.63, 3.8) is 0 Å². The third kappa shape index (κ3) is 13.9. The van der Waals surface area contributed by atoms with E-state index in [0.29, 0.717) is 0 Å². The van der Waals surface area contributed by atoms with E-state index in [1.165, 1.54) is 141 Å². The van der Waals surface area contributed by atoms with Crippen LogP contribution in [0.15, 0.2) is 12.4 Å². The minimum absolute atomic E-state index is 1.21. The van der Waals surface area contributed by atoms with Crippen molar-refractivity contribution in [3.8, 4) is 0 Å². The van der Waals surface area contributed by atoms with E-state index >= 15 is 0 Å². The average molecular weight is 406 g/mol. The number of aryl methyl sites for hydroxylation is 2. The van der Waals surface area contributed by atoms with Crippen LogP contribution in [0.4, 0.5) is 0 Å². The Bertz CT molecular complexity index is 463. The van der Waals surface area contributed by atoms with Gasteiger partial charge in [0.15, 0.2) is 0 Å². The molecular formula is C27H53N2+. The Kier molecular flexibility index (Phi) is 17.4. The van der Waals surface area contributed by atoms with Gasteiger partial charge in [0.2, 0.25) is 0 Å². The van der Waals surface area contributed by atoms with E-state index in [1.54, 1.807) is 0 Å². The Hall–Kier alpha value is -0.790. The molecule has 2 heteroatoms. The molecule has 0 aliphatic carbocycles. The first-order valence-corrected chi connectivity index (χ1v) is 13.3. The van der Waals surface area contributed by atoms with Gasteiger partial charge in [0.1, 0.15) is 12.4 Å². The SMILES string of the molecule is CCCCCCCCCCCCCCc1n(CCCCCCCCC)cc[n+]1C. The van der Waals surface area contributed by atoms with E-state index in [-0.39, 0.29) is 0 Å². The normalized spacial score (nSPS) is 11.4. The lowest BCUT2D eigenvalue weighted by molar-refractivity contribution is -0.678. The molecule has 0 saturated heterocycles. The third-order valence-electron chi connectivity index (χ3n) is 6.47. The van der Waals surface area contributed by atoms with E-state index in [4.69, 9.17) is 0 Å². The summed E-state index contributed by atoms with van der Waals surface area (Å²) < 4.78 is 4.87. The van der Waals surface area contributed by atoms with Gasteiger partial charge >= 0.3 is 0 Å². The van der Waals surface area contributed by atoms with Crippen LogP contribution in [0.25, 0.3) is 0 Å². The highest BCUT2D eigenvalue weighted by Gasteiger charge is 2.13. The van der Waals surface area contributed by atoms with Crippen LogP contribution < -0.4 is 4.57 Å². The van der Waals surface area contributed by atoms with Gasteiger partial charge < -0.3 is 0 Å². The van der Waals surface area contributed by atoms with Crippen LogP contribution >= 0.6 is 0 Å². The van der Waals surface area contributed by atoms with Gasteiger partial charge in [-0.25, -0.2) is 9.13 Å². The summed E-state index contributed by atoms with van der Waals surface area (Å²) in [5.41, 5.74) is 0. The first-order valence-electron chi connectivity index (χ1n) is 13.3. The summed E-state index contributed by atoms with van der Waals surface area (Å²) >= 11 is 0. The minimum Gasteiger partial charge on any atom is -0.237 e. The van der Waals surface area contributed by atoms with Crippen LogP contribution in [0.2, 0.25) is 0 Å². The largest absolute Gasteiger partial charge is 0.256 e. The molecule has 29 heavy (non-hydrogen) atoms. The molecule has 0 atom stereocenters. The quantitative estimate of drug-likeness (QED) is 0.144. The van der Waals surface area contributed by atoms with E-state index in [0.717, 1.165) is 0 Å². The fraction of sp³-hybridized carbons (Fsp3) is 0.889. The van der Waals surface area contributed by atoms with Crippen molar-refractivity contribution in [1.82, 2.24) is 4.57 Å². The van der Waals surface area contributed by atoms with Gasteiger partial charge in [0, 0.05) is 6.42 Å². The van der Waals surface area contributed by atoms with E-state index < -0.39 is 0 Å². The maximum Gasteiger partial charge on any atom is 0.256 e. The Morgan fingerprint density at radius 1 is 0.586 bits per heavy atom. The summed E-state index contributed by atoms with van der Waals surface area (Å²) in [6.07, 6.45) is 32.7. The molecule has 0 fully saturated rings. The lowest BCUT2D eigenvalue weighted by Crippen LogP contribution is -2.32. The van der Waals surface area contributed by atoms with Gasteiger partial charge in [-0.2, -0.15) is 0 Å². The fourth-order valence-electron chi connectivity index (χ4n) is 4.44. The summed E-state index contributed by atoms with van der Waals surface area (Å²) in [6.45, 7) is 5.81. The molecule has 0 saturated carbocycles. The molecule has 0 bridgehead atoms. The molecule has 1 heterocycles. The number of aromatic nitrogens is 2. The summed E-state index contributed by atoms with van der Waals surface area (Å²) in [5, 5.41) is 0. The number of hydrogen-bond donors (Lipinski definition) is 0. The third-order valence-corrected chi connectivity index (χ3v) is 6.47. The molecule has 1 aromatic heterocycles. The van der Waals surface area contributed by atoms with Crippen LogP contribution in [0.3, 0.4) is 0 Å². The second kappa shape index (κ2) is 19.2. The zero-order chi connectivity index (χ0) is 21.0. The first kappa shape index (κ1) is 26.2. The lowest BCUT2D eigenvalue weighted by Gasteiger charge is -2.05. The molecule has 0 N–H and O–H groups in total. The van der Waals surface area contributed by atoms with Crippen LogP contribution in [0.5, 0.6) is 0 Å². The monoisotopic (exact) mass is 405 g/mol. The number of imidazole rings is 1. The highest BCUT2D eigenvalue weighted by Crippen LogP contribution is 2.13. The standard InChI is InChI=1S/C27H53N2/c1-4-6-8-10-12-13-14-15-16-17-19-21-23-27-28(3)25-26-29(27)24-22-20-18-11-9-7-5-2/h25-26H,4-24H2,1-3H3/q+1. The Morgan fingerprint density at radius 3 is 1.48 bits per heavy atom. The smallest absolute Gasteiger partial charge is 0.237 e. The van der Waals surface area contributed by atoms with Gasteiger partial charge in [-0.3, -0.25) is 0 Å². The van der Waals surface area contributed by atoms with Crippen molar-refractivity contribution in [2.24, 2.45) is 7.05 Å². The van der Waals surface area contributed by atoms with Crippen molar-refractivity contribution in [1.29, 1.82) is 0 Å². The van der Waals surface area contributed by atoms with Gasteiger partial charge in [-0.05, 0) is 19.3 Å². The minimum atomic E-state index is 1.21. The number of rotatable bonds is 21. The Labute approximate surface area is 183 Å². The predicted molar refractivity (Wildman–Crippen MR) is 128 cm³/mol. The van der Waals surface area contributed by atoms with Gasteiger partial charge in [-0.1, -0.05) is 117 Å². The van der Waals surface area contributed by atoms with Crippen LogP contribution in [0.1, 0.15) is 142 Å². The maximum atomic E-state index is 2.52. The summed E-state index contributed by atoms with van der Waals surface area (Å²) in [7, 11) is 2.22. The van der Waals surface area contributed by atoms with Gasteiger partial charge in [0.05, 0.1) is 13.6 Å². The zero-order valence-electron chi connectivity index (χ0n) is 20.4. The summed E-state index contributed by atoms with van der Waals surface area (Å²) in [5.74, 6) is 1.53. The molecule has 0 spiro atoms. The van der Waals surface area contributed by atoms with Crippen LogP contribution in [0, 0.1) is 0 Å². The molecule has 0 amide bonds. The molecule has 2 nitrogen and oxygen atoms in total. The molecule has 0 radical (unpaired) electrons. The number of unbranched alkanes of at least 4 members (excludes halogenated alkanes) is 17. The zero-order valence-corrected chi connectivity index (χ0v) is 20.4. The summed E-state index contributed by atoms with van der Waals surface area (Å²) in [4.78, 5) is 0. The predicted octanol–water partition coefficient (Wildman–Crippen LogP) is 8.31. The van der Waals surface area contributed by atoms with Crippen LogP contribution in [-0.4, -0.2) is 4.57 Å². The van der Waals surface area contributed by atoms with Crippen LogP contribution in [-0.2, 0) is 20.0 Å². The highest BCUT2D eigenvalue weighted by atomic mass is 15.1. The van der Waals surface area contributed by atoms with Crippen molar-refractivity contribution >= 4 is 0 Å². The van der Waals surface area contributed by atoms with E-state index in [9.17, 15) is 0 Å². The number of nitrogens with zero attached hydrogens (tertiary/aromatic N) is 2. The van der Waals surface area contributed by atoms with Crippen molar-refractivity contribution in [2.45, 2.75) is 149 Å². The molecule has 1 aromatic rings. The van der Waals surface area contributed by atoms with Gasteiger partial charge in [0.25, 0.3) is 5.82 Å².